The van der Waals surface area contributed by atoms with Crippen LogP contribution < -0.4 is 5.73 Å². The summed E-state index contributed by atoms with van der Waals surface area (Å²) in [4.78, 5) is 19.4. The molecular formula is C8H17NO8. The molecule has 0 radical (unpaired) electrons. The lowest BCUT2D eigenvalue weighted by molar-refractivity contribution is -0.139. The average molecular weight is 255 g/mol. The second-order valence-electron chi connectivity index (χ2n) is 2.99. The molecule has 0 bridgehead atoms. The van der Waals surface area contributed by atoms with Crippen LogP contribution in [0.4, 0.5) is 0 Å². The highest BCUT2D eigenvalue weighted by Crippen LogP contribution is 1.96. The van der Waals surface area contributed by atoms with Gasteiger partial charge in [0.15, 0.2) is 6.29 Å². The topological polar surface area (TPSA) is 182 Å². The van der Waals surface area contributed by atoms with E-state index in [2.05, 4.69) is 0 Å². The zero-order chi connectivity index (χ0) is 14.0. The van der Waals surface area contributed by atoms with Crippen molar-refractivity contribution in [3.05, 3.63) is 0 Å². The Labute approximate surface area is 96.7 Å². The summed E-state index contributed by atoms with van der Waals surface area (Å²) in [6.07, 6.45) is -4.63. The van der Waals surface area contributed by atoms with Crippen molar-refractivity contribution in [2.45, 2.75) is 24.4 Å². The standard InChI is InChI=1S/C5H10O5.C3H7NO3/c6-1-3(8)5(10)4(9)2-7;4-2(1-5)3(6)7/h1,3-5,7-10H,2H2;2,5H,1,4H2,(H,6,7)/t3-,4+,5+;2-/m00/s1. The first-order valence-electron chi connectivity index (χ1n) is 4.51. The van der Waals surface area contributed by atoms with Crippen LogP contribution in [0.1, 0.15) is 0 Å². The molecule has 0 heterocycles. The molecule has 0 aromatic heterocycles. The summed E-state index contributed by atoms with van der Waals surface area (Å²) in [6, 6.07) is -1.13. The Morgan fingerprint density at radius 1 is 1.18 bits per heavy atom. The van der Waals surface area contributed by atoms with Crippen LogP contribution in [0.25, 0.3) is 0 Å². The van der Waals surface area contributed by atoms with E-state index in [1.54, 1.807) is 0 Å². The minimum absolute atomic E-state index is 0.0869. The molecule has 0 amide bonds. The van der Waals surface area contributed by atoms with E-state index in [0.29, 0.717) is 0 Å². The van der Waals surface area contributed by atoms with Crippen LogP contribution in [0.2, 0.25) is 0 Å². The minimum Gasteiger partial charge on any atom is -0.480 e. The molecule has 17 heavy (non-hydrogen) atoms. The molecule has 0 aromatic rings. The van der Waals surface area contributed by atoms with Crippen LogP contribution in [0.5, 0.6) is 0 Å². The summed E-state index contributed by atoms with van der Waals surface area (Å²) in [5, 5.41) is 50.0. The number of nitrogens with two attached hydrogens (primary N) is 1. The van der Waals surface area contributed by atoms with Crippen molar-refractivity contribution in [3.8, 4) is 0 Å². The van der Waals surface area contributed by atoms with E-state index < -0.39 is 43.5 Å². The molecule has 102 valence electrons. The highest BCUT2D eigenvalue weighted by atomic mass is 16.4. The molecular weight excluding hydrogens is 238 g/mol. The molecule has 8 N–H and O–H groups in total. The van der Waals surface area contributed by atoms with E-state index in [0.717, 1.165) is 0 Å². The van der Waals surface area contributed by atoms with Gasteiger partial charge in [0.05, 0.1) is 13.2 Å². The van der Waals surface area contributed by atoms with Crippen molar-refractivity contribution in [1.29, 1.82) is 0 Å². The Kier molecular flexibility index (Phi) is 10.8. The Hall–Kier alpha value is -1.10. The SMILES string of the molecule is N[C@@H](CO)C(=O)O.O=C[C@H](O)[C@@H](O)[C@H](O)CO. The number of aldehydes is 1. The van der Waals surface area contributed by atoms with E-state index in [-0.39, 0.29) is 6.29 Å². The number of aliphatic carboxylic acids is 1. The molecule has 0 saturated carbocycles. The number of rotatable bonds is 6. The number of carbonyl (C=O) groups is 2. The Morgan fingerprint density at radius 2 is 1.65 bits per heavy atom. The molecule has 0 aromatic carbocycles. The van der Waals surface area contributed by atoms with Crippen molar-refractivity contribution >= 4 is 12.3 Å². The van der Waals surface area contributed by atoms with Gasteiger partial charge in [-0.3, -0.25) is 4.79 Å². The van der Waals surface area contributed by atoms with Gasteiger partial charge in [-0.2, -0.15) is 0 Å². The summed E-state index contributed by atoms with van der Waals surface area (Å²) in [6.45, 7) is -1.19. The maximum atomic E-state index is 9.76. The lowest BCUT2D eigenvalue weighted by Crippen LogP contribution is -2.40. The van der Waals surface area contributed by atoms with Crippen LogP contribution >= 0.6 is 0 Å². The Balaban J connectivity index is 0. The molecule has 9 nitrogen and oxygen atoms in total. The van der Waals surface area contributed by atoms with Crippen LogP contribution in [-0.4, -0.2) is 80.5 Å². The minimum atomic E-state index is -1.64. The number of carbonyl (C=O) groups excluding carboxylic acids is 1. The lowest BCUT2D eigenvalue weighted by Gasteiger charge is -2.16. The maximum absolute atomic E-state index is 9.76. The quantitative estimate of drug-likeness (QED) is 0.230. The number of aliphatic hydroxyl groups excluding tert-OH is 5. The molecule has 0 rings (SSSR count). The van der Waals surface area contributed by atoms with Crippen LogP contribution in [-0.2, 0) is 9.59 Å². The molecule has 0 saturated heterocycles. The molecule has 0 unspecified atom stereocenters. The van der Waals surface area contributed by atoms with E-state index in [1.165, 1.54) is 0 Å². The number of hydrogen-bond donors (Lipinski definition) is 7. The van der Waals surface area contributed by atoms with Gasteiger partial charge in [-0.05, 0) is 0 Å². The number of carboxylic acids is 1. The third-order valence-electron chi connectivity index (χ3n) is 1.58. The summed E-state index contributed by atoms with van der Waals surface area (Å²) in [7, 11) is 0. The normalized spacial score (nSPS) is 17.1. The summed E-state index contributed by atoms with van der Waals surface area (Å²) in [5.74, 6) is -1.18. The molecule has 0 fully saturated rings. The summed E-state index contributed by atoms with van der Waals surface area (Å²) in [5.41, 5.74) is 4.77. The molecule has 0 aliphatic carbocycles. The molecule has 4 atom stereocenters. The largest absolute Gasteiger partial charge is 0.480 e. The van der Waals surface area contributed by atoms with Gasteiger partial charge >= 0.3 is 5.97 Å². The number of aliphatic hydroxyl groups is 5. The van der Waals surface area contributed by atoms with E-state index in [9.17, 15) is 9.59 Å². The third kappa shape index (κ3) is 8.68. The zero-order valence-electron chi connectivity index (χ0n) is 8.88. The fourth-order valence-electron chi connectivity index (χ4n) is 0.494. The summed E-state index contributed by atoms with van der Waals surface area (Å²) >= 11 is 0. The molecule has 0 aliphatic rings. The van der Waals surface area contributed by atoms with Gasteiger partial charge in [-0.25, -0.2) is 0 Å². The molecule has 9 heteroatoms. The van der Waals surface area contributed by atoms with Crippen molar-refractivity contribution in [3.63, 3.8) is 0 Å². The van der Waals surface area contributed by atoms with Gasteiger partial charge in [0, 0.05) is 0 Å². The average Bonchev–Trinajstić information content (AvgIpc) is 2.35. The fourth-order valence-corrected chi connectivity index (χ4v) is 0.494. The Bertz CT molecular complexity index is 224. The van der Waals surface area contributed by atoms with Gasteiger partial charge in [0.1, 0.15) is 24.4 Å². The maximum Gasteiger partial charge on any atom is 0.322 e. The third-order valence-corrected chi connectivity index (χ3v) is 1.58. The lowest BCUT2D eigenvalue weighted by atomic mass is 10.1. The highest BCUT2D eigenvalue weighted by molar-refractivity contribution is 5.73. The van der Waals surface area contributed by atoms with E-state index >= 15 is 0 Å². The molecule has 0 spiro atoms. The van der Waals surface area contributed by atoms with Gasteiger partial charge in [0.2, 0.25) is 0 Å². The first-order valence-corrected chi connectivity index (χ1v) is 4.51. The number of carboxylic acid groups (broad SMARTS) is 1. The Morgan fingerprint density at radius 3 is 1.82 bits per heavy atom. The van der Waals surface area contributed by atoms with Crippen molar-refractivity contribution in [1.82, 2.24) is 0 Å². The van der Waals surface area contributed by atoms with Gasteiger partial charge in [-0.15, -0.1) is 0 Å². The van der Waals surface area contributed by atoms with Crippen molar-refractivity contribution < 1.29 is 40.2 Å². The zero-order valence-corrected chi connectivity index (χ0v) is 8.88. The number of hydrogen-bond acceptors (Lipinski definition) is 8. The van der Waals surface area contributed by atoms with Gasteiger partial charge in [0.25, 0.3) is 0 Å². The second kappa shape index (κ2) is 10.1. The van der Waals surface area contributed by atoms with Crippen LogP contribution in [0.3, 0.4) is 0 Å². The smallest absolute Gasteiger partial charge is 0.322 e. The first-order chi connectivity index (χ1) is 7.81. The van der Waals surface area contributed by atoms with E-state index in [1.807, 2.05) is 0 Å². The van der Waals surface area contributed by atoms with Crippen LogP contribution in [0, 0.1) is 0 Å². The predicted octanol–water partition coefficient (Wildman–Crippen LogP) is -4.35. The van der Waals surface area contributed by atoms with E-state index in [4.69, 9.17) is 36.4 Å². The second-order valence-corrected chi connectivity index (χ2v) is 2.99. The van der Waals surface area contributed by atoms with Crippen molar-refractivity contribution in [2.24, 2.45) is 5.73 Å². The fraction of sp³-hybridized carbons (Fsp3) is 0.750. The first kappa shape index (κ1) is 18.3. The highest BCUT2D eigenvalue weighted by Gasteiger charge is 2.22. The molecule has 0 aliphatic heterocycles. The predicted molar refractivity (Wildman–Crippen MR) is 53.9 cm³/mol. The van der Waals surface area contributed by atoms with Crippen molar-refractivity contribution in [2.75, 3.05) is 13.2 Å². The summed E-state index contributed by atoms with van der Waals surface area (Å²) < 4.78 is 0. The van der Waals surface area contributed by atoms with Gasteiger partial charge < -0.3 is 41.2 Å². The van der Waals surface area contributed by atoms with Gasteiger partial charge in [-0.1, -0.05) is 0 Å². The monoisotopic (exact) mass is 255 g/mol. The van der Waals surface area contributed by atoms with Crippen LogP contribution in [0.15, 0.2) is 0 Å².